The lowest BCUT2D eigenvalue weighted by molar-refractivity contribution is -0.385. The predicted molar refractivity (Wildman–Crippen MR) is 67.4 cm³/mol. The molecule has 0 aromatic heterocycles. The third-order valence-corrected chi connectivity index (χ3v) is 3.70. The lowest BCUT2D eigenvalue weighted by Gasteiger charge is -2.17. The zero-order valence-electron chi connectivity index (χ0n) is 10.1. The number of amides is 1. The maximum atomic E-state index is 11.9. The van der Waals surface area contributed by atoms with Crippen molar-refractivity contribution in [2.45, 2.75) is 18.9 Å². The van der Waals surface area contributed by atoms with Crippen molar-refractivity contribution in [2.24, 2.45) is 0 Å². The van der Waals surface area contributed by atoms with Gasteiger partial charge in [-0.1, -0.05) is 12.1 Å². The Morgan fingerprint density at radius 1 is 1.37 bits per heavy atom. The molecule has 1 fully saturated rings. The fourth-order valence-electron chi connectivity index (χ4n) is 2.89. The zero-order chi connectivity index (χ0) is 13.6. The molecule has 1 amide bonds. The molecule has 1 unspecified atom stereocenters. The average Bonchev–Trinajstić information content (AvgIpc) is 2.94. The number of aliphatic hydroxyl groups is 1. The lowest BCUT2D eigenvalue weighted by Crippen LogP contribution is -2.29. The van der Waals surface area contributed by atoms with Crippen molar-refractivity contribution >= 4 is 17.2 Å². The van der Waals surface area contributed by atoms with E-state index in [1.54, 1.807) is 23.1 Å². The third kappa shape index (κ3) is 1.60. The van der Waals surface area contributed by atoms with Crippen LogP contribution in [0.5, 0.6) is 0 Å². The van der Waals surface area contributed by atoms with Gasteiger partial charge >= 0.3 is 0 Å². The highest BCUT2D eigenvalue weighted by atomic mass is 16.6. The molecule has 2 heterocycles. The predicted octanol–water partition coefficient (Wildman–Crippen LogP) is 1.87. The van der Waals surface area contributed by atoms with E-state index in [0.29, 0.717) is 17.7 Å². The van der Waals surface area contributed by atoms with Gasteiger partial charge in [-0.2, -0.15) is 0 Å². The molecule has 3 rings (SSSR count). The molecule has 1 aromatic rings. The van der Waals surface area contributed by atoms with Crippen LogP contribution in [0.15, 0.2) is 30.0 Å². The fourth-order valence-corrected chi connectivity index (χ4v) is 2.89. The summed E-state index contributed by atoms with van der Waals surface area (Å²) < 4.78 is 0. The summed E-state index contributed by atoms with van der Waals surface area (Å²) in [5.41, 5.74) is 0.660. The Hall–Kier alpha value is -2.37. The highest BCUT2D eigenvalue weighted by Crippen LogP contribution is 2.41. The molecule has 2 aliphatic rings. The van der Waals surface area contributed by atoms with E-state index in [1.807, 2.05) is 0 Å². The summed E-state index contributed by atoms with van der Waals surface area (Å²) >= 11 is 0. The summed E-state index contributed by atoms with van der Waals surface area (Å²) in [6.07, 6.45) is 1.59. The van der Waals surface area contributed by atoms with Crippen molar-refractivity contribution in [3.05, 3.63) is 45.7 Å². The van der Waals surface area contributed by atoms with E-state index in [-0.39, 0.29) is 17.5 Å². The molecule has 0 spiro atoms. The Morgan fingerprint density at radius 3 is 2.84 bits per heavy atom. The van der Waals surface area contributed by atoms with Crippen molar-refractivity contribution < 1.29 is 14.8 Å². The van der Waals surface area contributed by atoms with Crippen LogP contribution < -0.4 is 0 Å². The number of fused-ring (bicyclic) bond motifs is 1. The lowest BCUT2D eigenvalue weighted by atomic mass is 9.96. The summed E-state index contributed by atoms with van der Waals surface area (Å²) in [6, 6.07) is 5.98. The number of nitro benzene ring substituents is 1. The van der Waals surface area contributed by atoms with E-state index in [0.717, 1.165) is 12.8 Å². The van der Waals surface area contributed by atoms with Crippen molar-refractivity contribution in [3.8, 4) is 0 Å². The number of aliphatic hydroxyl groups excluding tert-OH is 1. The highest BCUT2D eigenvalue weighted by Gasteiger charge is 2.44. The maximum Gasteiger partial charge on any atom is 0.289 e. The summed E-state index contributed by atoms with van der Waals surface area (Å²) in [4.78, 5) is 24.1. The monoisotopic (exact) mass is 260 g/mol. The van der Waals surface area contributed by atoms with E-state index >= 15 is 0 Å². The molecule has 19 heavy (non-hydrogen) atoms. The first kappa shape index (κ1) is 11.7. The quantitative estimate of drug-likeness (QED) is 0.649. The minimum absolute atomic E-state index is 0.0781. The molecule has 98 valence electrons. The minimum atomic E-state index is -0.488. The van der Waals surface area contributed by atoms with Crippen LogP contribution in [-0.4, -0.2) is 33.4 Å². The van der Waals surface area contributed by atoms with Crippen molar-refractivity contribution in [1.29, 1.82) is 0 Å². The molecule has 1 N–H and O–H groups in total. The molecule has 0 aliphatic carbocycles. The first-order valence-corrected chi connectivity index (χ1v) is 6.09. The van der Waals surface area contributed by atoms with Gasteiger partial charge in [0.2, 0.25) is 0 Å². The van der Waals surface area contributed by atoms with Crippen LogP contribution in [0.3, 0.4) is 0 Å². The standard InChI is InChI=1S/C13H12N2O4/c16-12-11(10-6-3-7-14(10)13(12)17)8-4-1-2-5-9(8)15(18)19/h1-2,4-5,10,16H,3,6-7H2. The van der Waals surface area contributed by atoms with Gasteiger partial charge in [-0.05, 0) is 18.9 Å². The molecule has 2 aliphatic heterocycles. The van der Waals surface area contributed by atoms with Gasteiger partial charge in [-0.25, -0.2) is 0 Å². The van der Waals surface area contributed by atoms with E-state index in [1.165, 1.54) is 6.07 Å². The van der Waals surface area contributed by atoms with Crippen molar-refractivity contribution in [3.63, 3.8) is 0 Å². The molecule has 1 atom stereocenters. The second-order valence-corrected chi connectivity index (χ2v) is 4.69. The molecule has 0 saturated carbocycles. The summed E-state index contributed by atoms with van der Waals surface area (Å²) in [5.74, 6) is -0.769. The number of hydrogen-bond donors (Lipinski definition) is 1. The van der Waals surface area contributed by atoms with Crippen molar-refractivity contribution in [2.75, 3.05) is 6.54 Å². The van der Waals surface area contributed by atoms with Gasteiger partial charge in [-0.15, -0.1) is 0 Å². The number of rotatable bonds is 2. The smallest absolute Gasteiger partial charge is 0.289 e. The van der Waals surface area contributed by atoms with E-state index in [4.69, 9.17) is 0 Å². The van der Waals surface area contributed by atoms with Crippen LogP contribution in [0, 0.1) is 10.1 Å². The molecule has 1 saturated heterocycles. The second-order valence-electron chi connectivity index (χ2n) is 4.69. The van der Waals surface area contributed by atoms with Gasteiger partial charge in [0, 0.05) is 18.2 Å². The number of hydrogen-bond acceptors (Lipinski definition) is 4. The number of carbonyl (C=O) groups is 1. The van der Waals surface area contributed by atoms with Gasteiger partial charge < -0.3 is 10.0 Å². The van der Waals surface area contributed by atoms with Gasteiger partial charge in [-0.3, -0.25) is 14.9 Å². The molecule has 6 heteroatoms. The summed E-state index contributed by atoms with van der Waals surface area (Å²) in [6.45, 7) is 0.595. The second kappa shape index (κ2) is 4.08. The van der Waals surface area contributed by atoms with Crippen LogP contribution in [-0.2, 0) is 4.79 Å². The van der Waals surface area contributed by atoms with Crippen molar-refractivity contribution in [1.82, 2.24) is 4.90 Å². The SMILES string of the molecule is O=C1C(O)=C(c2ccccc2[N+](=O)[O-])C2CCCN12. The zero-order valence-corrected chi connectivity index (χ0v) is 10.1. The Kier molecular flexibility index (Phi) is 2.51. The molecule has 1 aromatic carbocycles. The number of para-hydroxylation sites is 1. The largest absolute Gasteiger partial charge is 0.503 e. The van der Waals surface area contributed by atoms with Crippen LogP contribution in [0.4, 0.5) is 5.69 Å². The fraction of sp³-hybridized carbons (Fsp3) is 0.308. The number of carbonyl (C=O) groups excluding carboxylic acids is 1. The summed E-state index contributed by atoms with van der Waals surface area (Å²) in [5, 5.41) is 21.1. The molecule has 0 bridgehead atoms. The maximum absolute atomic E-state index is 11.9. The van der Waals surface area contributed by atoms with E-state index in [9.17, 15) is 20.0 Å². The number of benzene rings is 1. The summed E-state index contributed by atoms with van der Waals surface area (Å²) in [7, 11) is 0. The van der Waals surface area contributed by atoms with Gasteiger partial charge in [0.25, 0.3) is 11.6 Å². The first-order chi connectivity index (χ1) is 9.11. The van der Waals surface area contributed by atoms with Gasteiger partial charge in [0.05, 0.1) is 16.5 Å². The van der Waals surface area contributed by atoms with Gasteiger partial charge in [0.15, 0.2) is 5.76 Å². The van der Waals surface area contributed by atoms with Gasteiger partial charge in [0.1, 0.15) is 0 Å². The Labute approximate surface area is 109 Å². The Morgan fingerprint density at radius 2 is 2.11 bits per heavy atom. The number of nitro groups is 1. The number of nitrogens with zero attached hydrogens (tertiary/aromatic N) is 2. The van der Waals surface area contributed by atoms with Crippen LogP contribution in [0.2, 0.25) is 0 Å². The topological polar surface area (TPSA) is 83.7 Å². The highest BCUT2D eigenvalue weighted by molar-refractivity contribution is 6.06. The minimum Gasteiger partial charge on any atom is -0.503 e. The molecule has 0 radical (unpaired) electrons. The average molecular weight is 260 g/mol. The van der Waals surface area contributed by atoms with Crippen LogP contribution in [0.1, 0.15) is 18.4 Å². The first-order valence-electron chi connectivity index (χ1n) is 6.09. The molecule has 6 nitrogen and oxygen atoms in total. The molecular weight excluding hydrogens is 248 g/mol. The van der Waals surface area contributed by atoms with Crippen LogP contribution in [0.25, 0.3) is 5.57 Å². The Balaban J connectivity index is 2.16. The molecular formula is C13H12N2O4. The third-order valence-electron chi connectivity index (χ3n) is 3.70. The van der Waals surface area contributed by atoms with E-state index in [2.05, 4.69) is 0 Å². The normalized spacial score (nSPS) is 22.0. The van der Waals surface area contributed by atoms with Crippen LogP contribution >= 0.6 is 0 Å². The Bertz CT molecular complexity index is 608. The van der Waals surface area contributed by atoms with E-state index < -0.39 is 10.8 Å².